The molecule has 0 spiro atoms. The van der Waals surface area contributed by atoms with E-state index in [-0.39, 0.29) is 17.4 Å². The Morgan fingerprint density at radius 2 is 2.16 bits per heavy atom. The average molecular weight is 375 g/mol. The fourth-order valence-corrected chi connectivity index (χ4v) is 2.50. The molecule has 1 aromatic heterocycles. The molecule has 0 aliphatic heterocycles. The highest BCUT2D eigenvalue weighted by Gasteiger charge is 2.23. The monoisotopic (exact) mass is 375 g/mol. The highest BCUT2D eigenvalue weighted by atomic mass is 127. The van der Waals surface area contributed by atoms with Gasteiger partial charge in [-0.25, -0.2) is 13.9 Å². The minimum atomic E-state index is -1.12. The number of carbonyl (C=O) groups is 1. The molecule has 0 saturated carbocycles. The topological polar surface area (TPSA) is 68.0 Å². The maximum atomic E-state index is 13.1. The smallest absolute Gasteiger partial charge is 0.358 e. The normalized spacial score (nSPS) is 11.0. The summed E-state index contributed by atoms with van der Waals surface area (Å²) in [6.07, 6.45) is 0. The Balaban J connectivity index is 2.65. The maximum absolute atomic E-state index is 13.1. The van der Waals surface area contributed by atoms with Crippen LogP contribution < -0.4 is 0 Å². The molecule has 0 bridgehead atoms. The van der Waals surface area contributed by atoms with Crippen LogP contribution in [0.15, 0.2) is 18.2 Å². The van der Waals surface area contributed by atoms with Crippen LogP contribution >= 0.6 is 22.6 Å². The van der Waals surface area contributed by atoms with Gasteiger partial charge >= 0.3 is 5.97 Å². The second kappa shape index (κ2) is 5.24. The lowest BCUT2D eigenvalue weighted by Gasteiger charge is -2.11. The molecule has 0 atom stereocenters. The van der Waals surface area contributed by atoms with E-state index in [0.29, 0.717) is 15.0 Å². The first kappa shape index (κ1) is 13.9. The molecule has 0 fully saturated rings. The fraction of sp³-hybridized carbons (Fsp3) is 0.250. The molecule has 0 aliphatic rings. The standard InChI is InChI=1S/C12H11FIN3O2/c1-6(2)11-10(12(18)19)15-16-17(11)9-4-3-7(13)5-8(9)14/h3-6H,1-2H3,(H,18,19). The van der Waals surface area contributed by atoms with Gasteiger partial charge in [-0.3, -0.25) is 0 Å². The fourth-order valence-electron chi connectivity index (χ4n) is 1.79. The summed E-state index contributed by atoms with van der Waals surface area (Å²) in [5.41, 5.74) is 1.04. The van der Waals surface area contributed by atoms with Gasteiger partial charge < -0.3 is 5.11 Å². The first-order chi connectivity index (χ1) is 8.91. The van der Waals surface area contributed by atoms with E-state index in [9.17, 15) is 9.18 Å². The quantitative estimate of drug-likeness (QED) is 0.838. The molecule has 0 saturated heterocycles. The van der Waals surface area contributed by atoms with Gasteiger partial charge in [0.15, 0.2) is 5.69 Å². The number of hydrogen-bond acceptors (Lipinski definition) is 3. The third kappa shape index (κ3) is 2.60. The second-order valence-corrected chi connectivity index (χ2v) is 5.45. The molecular formula is C12H11FIN3O2. The first-order valence-corrected chi connectivity index (χ1v) is 6.64. The van der Waals surface area contributed by atoms with Gasteiger partial charge in [-0.2, -0.15) is 0 Å². The Morgan fingerprint density at radius 1 is 1.47 bits per heavy atom. The van der Waals surface area contributed by atoms with E-state index in [2.05, 4.69) is 10.3 Å². The van der Waals surface area contributed by atoms with Gasteiger partial charge in [-0.05, 0) is 46.7 Å². The highest BCUT2D eigenvalue weighted by Crippen LogP contribution is 2.24. The maximum Gasteiger partial charge on any atom is 0.358 e. The Hall–Kier alpha value is -1.51. The van der Waals surface area contributed by atoms with Gasteiger partial charge in [0.1, 0.15) is 5.82 Å². The molecule has 0 aliphatic carbocycles. The second-order valence-electron chi connectivity index (χ2n) is 4.29. The highest BCUT2D eigenvalue weighted by molar-refractivity contribution is 14.1. The number of nitrogens with zero attached hydrogens (tertiary/aromatic N) is 3. The molecule has 0 amide bonds. The summed E-state index contributed by atoms with van der Waals surface area (Å²) in [5.74, 6) is -1.54. The number of aromatic nitrogens is 3. The van der Waals surface area contributed by atoms with Gasteiger partial charge in [0.05, 0.1) is 11.4 Å². The number of aromatic carboxylic acids is 1. The predicted molar refractivity (Wildman–Crippen MR) is 75.1 cm³/mol. The van der Waals surface area contributed by atoms with Crippen LogP contribution in [0.5, 0.6) is 0 Å². The number of hydrogen-bond donors (Lipinski definition) is 1. The van der Waals surface area contributed by atoms with Gasteiger partial charge in [0.2, 0.25) is 0 Å². The minimum Gasteiger partial charge on any atom is -0.476 e. The summed E-state index contributed by atoms with van der Waals surface area (Å²) < 4.78 is 15.2. The van der Waals surface area contributed by atoms with Crippen LogP contribution in [0.3, 0.4) is 0 Å². The van der Waals surface area contributed by atoms with Crippen molar-refractivity contribution < 1.29 is 14.3 Å². The molecule has 1 N–H and O–H groups in total. The van der Waals surface area contributed by atoms with E-state index in [1.165, 1.54) is 16.8 Å². The molecule has 100 valence electrons. The van der Waals surface area contributed by atoms with Crippen LogP contribution in [0.25, 0.3) is 5.69 Å². The summed E-state index contributed by atoms with van der Waals surface area (Å²) in [5, 5.41) is 16.7. The van der Waals surface area contributed by atoms with Crippen molar-refractivity contribution in [2.45, 2.75) is 19.8 Å². The summed E-state index contributed by atoms with van der Waals surface area (Å²) in [4.78, 5) is 11.1. The van der Waals surface area contributed by atoms with E-state index in [4.69, 9.17) is 5.11 Å². The van der Waals surface area contributed by atoms with E-state index in [1.807, 2.05) is 36.4 Å². The Labute approximate surface area is 122 Å². The lowest BCUT2D eigenvalue weighted by molar-refractivity contribution is 0.0688. The van der Waals surface area contributed by atoms with Crippen molar-refractivity contribution in [1.29, 1.82) is 0 Å². The SMILES string of the molecule is CC(C)c1c(C(=O)O)nnn1-c1ccc(F)cc1I. The molecule has 2 rings (SSSR count). The summed E-state index contributed by atoms with van der Waals surface area (Å²) in [6, 6.07) is 4.23. The largest absolute Gasteiger partial charge is 0.476 e. The lowest BCUT2D eigenvalue weighted by Crippen LogP contribution is -2.09. The molecule has 5 nitrogen and oxygen atoms in total. The minimum absolute atomic E-state index is 0.0676. The Morgan fingerprint density at radius 3 is 2.68 bits per heavy atom. The van der Waals surface area contributed by atoms with E-state index < -0.39 is 5.97 Å². The van der Waals surface area contributed by atoms with E-state index in [0.717, 1.165) is 0 Å². The van der Waals surface area contributed by atoms with E-state index in [1.54, 1.807) is 6.07 Å². The molecule has 1 aromatic carbocycles. The zero-order valence-corrected chi connectivity index (χ0v) is 12.4. The number of carboxylic acid groups (broad SMARTS) is 1. The number of benzene rings is 1. The summed E-state index contributed by atoms with van der Waals surface area (Å²) in [7, 11) is 0. The Bertz CT molecular complexity index is 640. The Kier molecular flexibility index (Phi) is 3.83. The van der Waals surface area contributed by atoms with Crippen LogP contribution in [0, 0.1) is 9.39 Å². The third-order valence-corrected chi connectivity index (χ3v) is 3.46. The zero-order valence-electron chi connectivity index (χ0n) is 10.3. The van der Waals surface area contributed by atoms with Gasteiger partial charge in [-0.15, -0.1) is 5.10 Å². The molecule has 1 heterocycles. The van der Waals surface area contributed by atoms with Crippen molar-refractivity contribution in [3.63, 3.8) is 0 Å². The molecule has 19 heavy (non-hydrogen) atoms. The van der Waals surface area contributed by atoms with Crippen LogP contribution in [0.4, 0.5) is 4.39 Å². The van der Waals surface area contributed by atoms with Gasteiger partial charge in [-0.1, -0.05) is 19.1 Å². The number of carboxylic acids is 1. The van der Waals surface area contributed by atoms with Gasteiger partial charge in [0, 0.05) is 3.57 Å². The summed E-state index contributed by atoms with van der Waals surface area (Å²) in [6.45, 7) is 3.72. The van der Waals surface area contributed by atoms with Crippen molar-refractivity contribution in [3.8, 4) is 5.69 Å². The van der Waals surface area contributed by atoms with Crippen LogP contribution in [-0.2, 0) is 0 Å². The zero-order chi connectivity index (χ0) is 14.2. The molecule has 0 unspecified atom stereocenters. The average Bonchev–Trinajstić information content (AvgIpc) is 2.73. The van der Waals surface area contributed by atoms with Crippen molar-refractivity contribution >= 4 is 28.6 Å². The third-order valence-electron chi connectivity index (χ3n) is 2.59. The molecule has 7 heteroatoms. The number of rotatable bonds is 3. The van der Waals surface area contributed by atoms with Crippen molar-refractivity contribution in [2.75, 3.05) is 0 Å². The molecular weight excluding hydrogens is 364 g/mol. The first-order valence-electron chi connectivity index (χ1n) is 5.56. The molecule has 2 aromatic rings. The van der Waals surface area contributed by atoms with Crippen LogP contribution in [0.1, 0.15) is 35.9 Å². The van der Waals surface area contributed by atoms with E-state index >= 15 is 0 Å². The van der Waals surface area contributed by atoms with Crippen molar-refractivity contribution in [3.05, 3.63) is 39.0 Å². The summed E-state index contributed by atoms with van der Waals surface area (Å²) >= 11 is 1.98. The van der Waals surface area contributed by atoms with Crippen LogP contribution in [0.2, 0.25) is 0 Å². The lowest BCUT2D eigenvalue weighted by atomic mass is 10.1. The van der Waals surface area contributed by atoms with Crippen LogP contribution in [-0.4, -0.2) is 26.1 Å². The molecule has 0 radical (unpaired) electrons. The van der Waals surface area contributed by atoms with Crippen molar-refractivity contribution in [2.24, 2.45) is 0 Å². The van der Waals surface area contributed by atoms with Crippen molar-refractivity contribution in [1.82, 2.24) is 15.0 Å². The predicted octanol–water partition coefficient (Wildman–Crippen LogP) is 2.83. The number of halogens is 2. The van der Waals surface area contributed by atoms with Gasteiger partial charge in [0.25, 0.3) is 0 Å².